The van der Waals surface area contributed by atoms with Crippen molar-refractivity contribution in [2.45, 2.75) is 32.6 Å². The molecule has 2 bridgehead atoms. The first-order valence-corrected chi connectivity index (χ1v) is 6.09. The highest BCUT2D eigenvalue weighted by atomic mass is 16.3. The topological polar surface area (TPSA) is 57.6 Å². The summed E-state index contributed by atoms with van der Waals surface area (Å²) in [7, 11) is 0. The van der Waals surface area contributed by atoms with Gasteiger partial charge in [0.05, 0.1) is 0 Å². The Balaban J connectivity index is 2.02. The third kappa shape index (κ3) is 1.98. The molecule has 0 aromatic heterocycles. The Morgan fingerprint density at radius 2 is 1.88 bits per heavy atom. The van der Waals surface area contributed by atoms with Crippen molar-refractivity contribution in [3.63, 3.8) is 0 Å². The number of fused-ring (bicyclic) bond motifs is 2. The van der Waals surface area contributed by atoms with Crippen molar-refractivity contribution in [3.8, 4) is 0 Å². The van der Waals surface area contributed by atoms with Crippen LogP contribution in [0.1, 0.15) is 32.6 Å². The maximum absolute atomic E-state index is 12.0. The van der Waals surface area contributed by atoms with Crippen LogP contribution in [0.25, 0.3) is 0 Å². The maximum atomic E-state index is 12.0. The maximum Gasteiger partial charge on any atom is 0.232 e. The molecule has 0 radical (unpaired) electrons. The highest BCUT2D eigenvalue weighted by Crippen LogP contribution is 2.38. The van der Waals surface area contributed by atoms with Crippen LogP contribution in [0.15, 0.2) is 0 Å². The van der Waals surface area contributed by atoms with Crippen LogP contribution in [0.5, 0.6) is 0 Å². The molecule has 90 valence electrons. The van der Waals surface area contributed by atoms with E-state index in [4.69, 9.17) is 5.11 Å². The van der Waals surface area contributed by atoms with Crippen molar-refractivity contribution < 1.29 is 14.7 Å². The van der Waals surface area contributed by atoms with Crippen molar-refractivity contribution in [1.82, 2.24) is 4.90 Å². The van der Waals surface area contributed by atoms with Crippen LogP contribution in [0, 0.1) is 17.8 Å². The molecule has 0 aromatic rings. The largest absolute Gasteiger partial charge is 0.396 e. The lowest BCUT2D eigenvalue weighted by atomic mass is 9.95. The van der Waals surface area contributed by atoms with E-state index < -0.39 is 0 Å². The number of aliphatic hydroxyl groups is 1. The SMILES string of the molecule is CC(CCO)CN1C(=O)C2CCC(C2)C1=O. The Morgan fingerprint density at radius 3 is 2.38 bits per heavy atom. The number of carbonyl (C=O) groups excluding carboxylic acids is 2. The molecule has 0 spiro atoms. The Labute approximate surface area is 95.6 Å². The van der Waals surface area contributed by atoms with Gasteiger partial charge in [-0.05, 0) is 31.6 Å². The molecule has 16 heavy (non-hydrogen) atoms. The first-order valence-electron chi connectivity index (χ1n) is 6.09. The minimum atomic E-state index is 0.0172. The van der Waals surface area contributed by atoms with Crippen molar-refractivity contribution in [1.29, 1.82) is 0 Å². The van der Waals surface area contributed by atoms with E-state index in [1.807, 2.05) is 6.92 Å². The summed E-state index contributed by atoms with van der Waals surface area (Å²) in [5.74, 6) is 0.399. The van der Waals surface area contributed by atoms with Gasteiger partial charge in [-0.15, -0.1) is 0 Å². The quantitative estimate of drug-likeness (QED) is 0.720. The van der Waals surface area contributed by atoms with Gasteiger partial charge < -0.3 is 5.11 Å². The minimum absolute atomic E-state index is 0.0172. The summed E-state index contributed by atoms with van der Waals surface area (Å²) in [4.78, 5) is 25.4. The van der Waals surface area contributed by atoms with Crippen LogP contribution in [-0.2, 0) is 9.59 Å². The van der Waals surface area contributed by atoms with E-state index in [2.05, 4.69) is 0 Å². The number of hydrogen-bond donors (Lipinski definition) is 1. The van der Waals surface area contributed by atoms with Crippen molar-refractivity contribution in [2.75, 3.05) is 13.2 Å². The van der Waals surface area contributed by atoms with E-state index in [0.717, 1.165) is 19.3 Å². The lowest BCUT2D eigenvalue weighted by Gasteiger charge is -2.31. The van der Waals surface area contributed by atoms with Gasteiger partial charge in [-0.25, -0.2) is 0 Å². The van der Waals surface area contributed by atoms with Gasteiger partial charge in [-0.2, -0.15) is 0 Å². The van der Waals surface area contributed by atoms with Gasteiger partial charge >= 0.3 is 0 Å². The van der Waals surface area contributed by atoms with Gasteiger partial charge in [0.2, 0.25) is 11.8 Å². The molecule has 4 nitrogen and oxygen atoms in total. The molecule has 1 saturated carbocycles. The smallest absolute Gasteiger partial charge is 0.232 e. The number of aliphatic hydroxyl groups excluding tert-OH is 1. The second kappa shape index (κ2) is 4.53. The molecule has 1 saturated heterocycles. The predicted octanol–water partition coefficient (Wildman–Crippen LogP) is 0.790. The standard InChI is InChI=1S/C12H19NO3/c1-8(4-5-14)7-13-11(15)9-2-3-10(6-9)12(13)16/h8-10,14H,2-7H2,1H3. The van der Waals surface area contributed by atoms with E-state index in [9.17, 15) is 9.59 Å². The lowest BCUT2D eigenvalue weighted by molar-refractivity contribution is -0.153. The van der Waals surface area contributed by atoms with E-state index in [1.54, 1.807) is 0 Å². The first-order chi connectivity index (χ1) is 7.63. The Bertz CT molecular complexity index is 281. The van der Waals surface area contributed by atoms with Gasteiger partial charge in [0.25, 0.3) is 0 Å². The zero-order valence-electron chi connectivity index (χ0n) is 9.69. The van der Waals surface area contributed by atoms with Gasteiger partial charge in [-0.3, -0.25) is 14.5 Å². The molecule has 2 fully saturated rings. The number of piperidine rings is 1. The Morgan fingerprint density at radius 1 is 1.31 bits per heavy atom. The number of carbonyl (C=O) groups is 2. The van der Waals surface area contributed by atoms with Crippen molar-refractivity contribution >= 4 is 11.8 Å². The monoisotopic (exact) mass is 225 g/mol. The number of imide groups is 1. The second-order valence-corrected chi connectivity index (χ2v) is 5.11. The van der Waals surface area contributed by atoms with Crippen molar-refractivity contribution in [2.24, 2.45) is 17.8 Å². The van der Waals surface area contributed by atoms with Crippen LogP contribution >= 0.6 is 0 Å². The summed E-state index contributed by atoms with van der Waals surface area (Å²) in [5, 5.41) is 8.83. The summed E-state index contributed by atoms with van der Waals surface area (Å²) >= 11 is 0. The average molecular weight is 225 g/mol. The molecule has 1 N–H and O–H groups in total. The zero-order valence-corrected chi connectivity index (χ0v) is 9.69. The molecule has 4 heteroatoms. The summed E-state index contributed by atoms with van der Waals surface area (Å²) in [6, 6.07) is 0. The van der Waals surface area contributed by atoms with Crippen LogP contribution in [0.4, 0.5) is 0 Å². The number of hydrogen-bond acceptors (Lipinski definition) is 3. The predicted molar refractivity (Wildman–Crippen MR) is 58.4 cm³/mol. The summed E-state index contributed by atoms with van der Waals surface area (Å²) in [6.07, 6.45) is 3.16. The fourth-order valence-corrected chi connectivity index (χ4v) is 2.78. The van der Waals surface area contributed by atoms with Gasteiger partial charge in [0, 0.05) is 25.0 Å². The molecular weight excluding hydrogens is 206 g/mol. The first kappa shape index (κ1) is 11.6. The second-order valence-electron chi connectivity index (χ2n) is 5.11. The molecular formula is C12H19NO3. The molecule has 0 aromatic carbocycles. The average Bonchev–Trinajstić information content (AvgIpc) is 2.69. The fourth-order valence-electron chi connectivity index (χ4n) is 2.78. The highest BCUT2D eigenvalue weighted by Gasteiger charge is 2.45. The van der Waals surface area contributed by atoms with Crippen LogP contribution in [0.3, 0.4) is 0 Å². The molecule has 1 heterocycles. The molecule has 1 aliphatic heterocycles. The fraction of sp³-hybridized carbons (Fsp3) is 0.833. The van der Waals surface area contributed by atoms with Crippen LogP contribution in [0.2, 0.25) is 0 Å². The summed E-state index contributed by atoms with van der Waals surface area (Å²) in [5.41, 5.74) is 0. The molecule has 2 amide bonds. The third-order valence-corrected chi connectivity index (χ3v) is 3.78. The Kier molecular flexibility index (Phi) is 3.28. The van der Waals surface area contributed by atoms with E-state index in [1.165, 1.54) is 4.90 Å². The van der Waals surface area contributed by atoms with Gasteiger partial charge in [0.15, 0.2) is 0 Å². The number of likely N-dealkylation sites (tertiary alicyclic amines) is 1. The van der Waals surface area contributed by atoms with E-state index >= 15 is 0 Å². The van der Waals surface area contributed by atoms with Crippen molar-refractivity contribution in [3.05, 3.63) is 0 Å². The third-order valence-electron chi connectivity index (χ3n) is 3.78. The normalized spacial score (nSPS) is 31.0. The van der Waals surface area contributed by atoms with E-state index in [0.29, 0.717) is 13.0 Å². The molecule has 2 rings (SSSR count). The lowest BCUT2D eigenvalue weighted by Crippen LogP contribution is -2.48. The molecule has 1 aliphatic carbocycles. The number of rotatable bonds is 4. The number of nitrogens with zero attached hydrogens (tertiary/aromatic N) is 1. The van der Waals surface area contributed by atoms with Crippen LogP contribution < -0.4 is 0 Å². The van der Waals surface area contributed by atoms with Gasteiger partial charge in [0.1, 0.15) is 0 Å². The molecule has 3 unspecified atom stereocenters. The summed E-state index contributed by atoms with van der Waals surface area (Å²) in [6.45, 7) is 2.56. The Hall–Kier alpha value is -0.900. The molecule has 3 atom stereocenters. The molecule has 2 aliphatic rings. The highest BCUT2D eigenvalue weighted by molar-refractivity contribution is 6.00. The van der Waals surface area contributed by atoms with Crippen LogP contribution in [-0.4, -0.2) is 35.0 Å². The minimum Gasteiger partial charge on any atom is -0.396 e. The summed E-state index contributed by atoms with van der Waals surface area (Å²) < 4.78 is 0. The van der Waals surface area contributed by atoms with Gasteiger partial charge in [-0.1, -0.05) is 6.92 Å². The zero-order chi connectivity index (χ0) is 11.7. The van der Waals surface area contributed by atoms with E-state index in [-0.39, 0.29) is 36.2 Å². The number of amides is 2.